The maximum Gasteiger partial charge on any atom is 0.338 e. The Hall–Kier alpha value is -2.94. The van der Waals surface area contributed by atoms with Crippen molar-refractivity contribution >= 4 is 33.3 Å². The number of nitrogens with zero attached hydrogens (tertiary/aromatic N) is 1. The highest BCUT2D eigenvalue weighted by Gasteiger charge is 2.33. The number of carbonyl (C=O) groups is 2. The first kappa shape index (κ1) is 23.3. The predicted octanol–water partition coefficient (Wildman–Crippen LogP) is 3.49. The van der Waals surface area contributed by atoms with Crippen molar-refractivity contribution in [1.29, 1.82) is 0 Å². The number of sulfonamides is 1. The summed E-state index contributed by atoms with van der Waals surface area (Å²) >= 11 is 0. The van der Waals surface area contributed by atoms with E-state index in [1.165, 1.54) is 18.2 Å². The molecule has 0 aliphatic rings. The van der Waals surface area contributed by atoms with Gasteiger partial charge in [-0.15, -0.1) is 0 Å². The Kier molecular flexibility index (Phi) is 7.55. The van der Waals surface area contributed by atoms with Crippen LogP contribution in [0.2, 0.25) is 0 Å². The molecule has 0 aliphatic heterocycles. The summed E-state index contributed by atoms with van der Waals surface area (Å²) in [7, 11) is -3.97. The fraction of sp³-hybridized carbons (Fsp3) is 0.333. The summed E-state index contributed by atoms with van der Waals surface area (Å²) in [6.07, 6.45) is 1.02. The Bertz CT molecular complexity index is 1040. The molecule has 0 heterocycles. The average molecular weight is 437 g/mol. The number of hydrogen-bond donors (Lipinski definition) is 1. The van der Waals surface area contributed by atoms with Crippen LogP contribution in [-0.4, -0.2) is 39.2 Å². The van der Waals surface area contributed by atoms with Crippen LogP contribution >= 0.6 is 0 Å². The second kappa shape index (κ2) is 9.71. The van der Waals surface area contributed by atoms with E-state index in [-0.39, 0.29) is 24.3 Å². The smallest absolute Gasteiger partial charge is 0.338 e. The number of nitrogens with one attached hydrogen (secondary N) is 1. The fourth-order valence-corrected chi connectivity index (χ4v) is 4.30. The molecule has 1 amide bonds. The lowest BCUT2D eigenvalue weighted by Crippen LogP contribution is -2.47. The molecule has 9 heteroatoms. The van der Waals surface area contributed by atoms with Crippen LogP contribution in [0, 0.1) is 12.7 Å². The maximum absolute atomic E-state index is 14.3. The SMILES string of the molecule is CCOC(=O)c1cccc(NC(=O)[C@H](CC)N(c2ccccc2F)S(C)(=O)=O)c1C. The Balaban J connectivity index is 2.42. The lowest BCUT2D eigenvalue weighted by molar-refractivity contribution is -0.117. The van der Waals surface area contributed by atoms with Crippen LogP contribution in [0.3, 0.4) is 0 Å². The summed E-state index contributed by atoms with van der Waals surface area (Å²) in [6.45, 7) is 5.17. The number of rotatable bonds is 8. The van der Waals surface area contributed by atoms with Crippen molar-refractivity contribution in [3.05, 3.63) is 59.4 Å². The van der Waals surface area contributed by atoms with Gasteiger partial charge in [0.15, 0.2) is 0 Å². The first-order valence-electron chi connectivity index (χ1n) is 9.43. The van der Waals surface area contributed by atoms with Crippen molar-refractivity contribution in [2.75, 3.05) is 22.5 Å². The molecule has 0 aliphatic carbocycles. The second-order valence-corrected chi connectivity index (χ2v) is 8.48. The summed E-state index contributed by atoms with van der Waals surface area (Å²) in [5.41, 5.74) is 0.901. The van der Waals surface area contributed by atoms with E-state index in [1.54, 1.807) is 39.0 Å². The standard InChI is InChI=1S/C21H25FN2O5S/c1-5-18(24(30(4,27)28)19-13-8-7-11-16(19)22)20(25)23-17-12-9-10-15(14(17)3)21(26)29-6-2/h7-13,18H,5-6H2,1-4H3,(H,23,25)/t18-/m0/s1. The van der Waals surface area contributed by atoms with E-state index >= 15 is 0 Å². The summed E-state index contributed by atoms with van der Waals surface area (Å²) in [5, 5.41) is 2.67. The van der Waals surface area contributed by atoms with Gasteiger partial charge < -0.3 is 10.1 Å². The molecule has 0 bridgehead atoms. The highest BCUT2D eigenvalue weighted by atomic mass is 32.2. The zero-order chi connectivity index (χ0) is 22.5. The van der Waals surface area contributed by atoms with E-state index in [0.717, 1.165) is 16.6 Å². The van der Waals surface area contributed by atoms with Crippen molar-refractivity contribution < 1.29 is 27.1 Å². The number of hydrogen-bond acceptors (Lipinski definition) is 5. The zero-order valence-electron chi connectivity index (χ0n) is 17.3. The van der Waals surface area contributed by atoms with Crippen molar-refractivity contribution in [1.82, 2.24) is 0 Å². The minimum Gasteiger partial charge on any atom is -0.462 e. The van der Waals surface area contributed by atoms with E-state index in [9.17, 15) is 22.4 Å². The lowest BCUT2D eigenvalue weighted by atomic mass is 10.1. The van der Waals surface area contributed by atoms with Crippen LogP contribution in [0.5, 0.6) is 0 Å². The highest BCUT2D eigenvalue weighted by Crippen LogP contribution is 2.27. The van der Waals surface area contributed by atoms with Gasteiger partial charge in [0, 0.05) is 5.69 Å². The molecule has 30 heavy (non-hydrogen) atoms. The summed E-state index contributed by atoms with van der Waals surface area (Å²) in [5.74, 6) is -1.92. The molecule has 162 valence electrons. The molecule has 7 nitrogen and oxygen atoms in total. The highest BCUT2D eigenvalue weighted by molar-refractivity contribution is 7.92. The number of carbonyl (C=O) groups excluding carboxylic acids is 2. The van der Waals surface area contributed by atoms with E-state index in [2.05, 4.69) is 5.32 Å². The van der Waals surface area contributed by atoms with Crippen molar-refractivity contribution in [3.8, 4) is 0 Å². The van der Waals surface area contributed by atoms with Crippen LogP contribution < -0.4 is 9.62 Å². The van der Waals surface area contributed by atoms with E-state index in [1.807, 2.05) is 0 Å². The molecule has 0 saturated heterocycles. The van der Waals surface area contributed by atoms with Gasteiger partial charge in [0.2, 0.25) is 15.9 Å². The van der Waals surface area contributed by atoms with E-state index in [0.29, 0.717) is 11.3 Å². The molecular formula is C21H25FN2O5S. The molecule has 0 saturated carbocycles. The molecule has 2 aromatic carbocycles. The molecule has 0 radical (unpaired) electrons. The Labute approximate surface area is 175 Å². The number of para-hydroxylation sites is 1. The van der Waals surface area contributed by atoms with Crippen molar-refractivity contribution in [2.24, 2.45) is 0 Å². The number of benzene rings is 2. The normalized spacial score (nSPS) is 12.2. The van der Waals surface area contributed by atoms with Crippen LogP contribution in [0.4, 0.5) is 15.8 Å². The Morgan fingerprint density at radius 2 is 1.80 bits per heavy atom. The number of ether oxygens (including phenoxy) is 1. The lowest BCUT2D eigenvalue weighted by Gasteiger charge is -2.30. The Morgan fingerprint density at radius 3 is 2.37 bits per heavy atom. The van der Waals surface area contributed by atoms with Gasteiger partial charge in [-0.05, 0) is 50.1 Å². The first-order valence-corrected chi connectivity index (χ1v) is 11.3. The van der Waals surface area contributed by atoms with Gasteiger partial charge >= 0.3 is 5.97 Å². The molecule has 0 fully saturated rings. The first-order chi connectivity index (χ1) is 14.1. The molecule has 0 aromatic heterocycles. The zero-order valence-corrected chi connectivity index (χ0v) is 18.1. The summed E-state index contributed by atoms with van der Waals surface area (Å²) < 4.78 is 45.0. The number of amides is 1. The maximum atomic E-state index is 14.3. The number of anilines is 2. The second-order valence-electron chi connectivity index (χ2n) is 6.62. The minimum atomic E-state index is -3.97. The van der Waals surface area contributed by atoms with Gasteiger partial charge in [-0.1, -0.05) is 25.1 Å². The van der Waals surface area contributed by atoms with Gasteiger partial charge in [0.05, 0.1) is 24.1 Å². The van der Waals surface area contributed by atoms with Crippen molar-refractivity contribution in [2.45, 2.75) is 33.2 Å². The topological polar surface area (TPSA) is 92.8 Å². The third-order valence-corrected chi connectivity index (χ3v) is 5.67. The van der Waals surface area contributed by atoms with Crippen molar-refractivity contribution in [3.63, 3.8) is 0 Å². The molecule has 1 atom stereocenters. The van der Waals surface area contributed by atoms with Crippen LogP contribution in [0.25, 0.3) is 0 Å². The summed E-state index contributed by atoms with van der Waals surface area (Å²) in [4.78, 5) is 25.1. The van der Waals surface area contributed by atoms with Gasteiger partial charge in [0.25, 0.3) is 0 Å². The van der Waals surface area contributed by atoms with Crippen LogP contribution in [-0.2, 0) is 19.6 Å². The van der Waals surface area contributed by atoms with Gasteiger partial charge in [0.1, 0.15) is 11.9 Å². The Morgan fingerprint density at radius 1 is 1.13 bits per heavy atom. The van der Waals surface area contributed by atoms with Crippen LogP contribution in [0.1, 0.15) is 36.2 Å². The molecular weight excluding hydrogens is 411 g/mol. The quantitative estimate of drug-likeness (QED) is 0.640. The summed E-state index contributed by atoms with van der Waals surface area (Å²) in [6, 6.07) is 8.92. The predicted molar refractivity (Wildman–Crippen MR) is 114 cm³/mol. The molecule has 2 aromatic rings. The molecule has 0 spiro atoms. The third-order valence-electron chi connectivity index (χ3n) is 4.51. The molecule has 0 unspecified atom stereocenters. The van der Waals surface area contributed by atoms with E-state index < -0.39 is 33.8 Å². The largest absolute Gasteiger partial charge is 0.462 e. The van der Waals surface area contributed by atoms with Gasteiger partial charge in [-0.3, -0.25) is 9.10 Å². The molecule has 2 rings (SSSR count). The third kappa shape index (κ3) is 5.15. The number of esters is 1. The molecule has 1 N–H and O–H groups in total. The fourth-order valence-electron chi connectivity index (χ4n) is 3.08. The average Bonchev–Trinajstić information content (AvgIpc) is 2.67. The van der Waals surface area contributed by atoms with Gasteiger partial charge in [-0.25, -0.2) is 17.6 Å². The number of halogens is 1. The van der Waals surface area contributed by atoms with Crippen LogP contribution in [0.15, 0.2) is 42.5 Å². The van der Waals surface area contributed by atoms with Gasteiger partial charge in [-0.2, -0.15) is 0 Å². The monoisotopic (exact) mass is 436 g/mol. The van der Waals surface area contributed by atoms with E-state index in [4.69, 9.17) is 4.74 Å². The minimum absolute atomic E-state index is 0.101.